The van der Waals surface area contributed by atoms with Crippen LogP contribution in [0.15, 0.2) is 21.0 Å². The second-order valence-corrected chi connectivity index (χ2v) is 6.69. The van der Waals surface area contributed by atoms with Crippen LogP contribution in [0.5, 0.6) is 0 Å². The highest BCUT2D eigenvalue weighted by atomic mass is 32.2. The average Bonchev–Trinajstić information content (AvgIpc) is 2.94. The van der Waals surface area contributed by atoms with Crippen LogP contribution in [0, 0.1) is 13.8 Å². The van der Waals surface area contributed by atoms with E-state index in [0.29, 0.717) is 0 Å². The largest absolute Gasteiger partial charge is 0.478 e. The Morgan fingerprint density at radius 1 is 1.45 bits per heavy atom. The maximum Gasteiger partial charge on any atom is 0.340 e. The molecule has 0 atom stereocenters. The summed E-state index contributed by atoms with van der Waals surface area (Å²) in [5, 5.41) is 9.12. The number of thiazole rings is 1. The molecule has 2 heterocycles. The molecule has 2 N–H and O–H groups in total. The first-order chi connectivity index (χ1) is 9.33. The lowest BCUT2D eigenvalue weighted by Crippen LogP contribution is -2.25. The number of carboxylic acids is 1. The lowest BCUT2D eigenvalue weighted by Gasteiger charge is -2.05. The Labute approximate surface area is 119 Å². The molecule has 0 bridgehead atoms. The van der Waals surface area contributed by atoms with Gasteiger partial charge in [0.05, 0.1) is 5.51 Å². The minimum Gasteiger partial charge on any atom is -0.478 e. The van der Waals surface area contributed by atoms with Crippen molar-refractivity contribution in [1.29, 1.82) is 0 Å². The minimum atomic E-state index is -3.97. The number of aryl methyl sites for hydroxylation is 2. The van der Waals surface area contributed by atoms with Gasteiger partial charge in [-0.2, -0.15) is 0 Å². The molecule has 0 amide bonds. The number of hydrogen-bond acceptors (Lipinski definition) is 6. The van der Waals surface area contributed by atoms with Crippen molar-refractivity contribution >= 4 is 27.3 Å². The zero-order chi connectivity index (χ0) is 14.9. The molecule has 2 rings (SSSR count). The van der Waals surface area contributed by atoms with Gasteiger partial charge in [-0.15, -0.1) is 11.3 Å². The van der Waals surface area contributed by atoms with Gasteiger partial charge in [-0.3, -0.25) is 4.98 Å². The fraction of sp³-hybridized carbons (Fsp3) is 0.273. The second-order valence-electron chi connectivity index (χ2n) is 4.02. The van der Waals surface area contributed by atoms with Crippen molar-refractivity contribution in [2.24, 2.45) is 0 Å². The first-order valence-electron chi connectivity index (χ1n) is 5.53. The first-order valence-corrected chi connectivity index (χ1v) is 7.89. The summed E-state index contributed by atoms with van der Waals surface area (Å²) in [5.41, 5.74) is 1.25. The lowest BCUT2D eigenvalue weighted by molar-refractivity contribution is 0.0691. The summed E-state index contributed by atoms with van der Waals surface area (Å²) < 4.78 is 31.9. The van der Waals surface area contributed by atoms with Crippen LogP contribution in [0.1, 0.15) is 26.8 Å². The van der Waals surface area contributed by atoms with E-state index in [4.69, 9.17) is 9.52 Å². The molecule has 0 spiro atoms. The zero-order valence-electron chi connectivity index (χ0n) is 10.7. The maximum atomic E-state index is 12.2. The van der Waals surface area contributed by atoms with Crippen LogP contribution in [0.3, 0.4) is 0 Å². The lowest BCUT2D eigenvalue weighted by atomic mass is 10.2. The Morgan fingerprint density at radius 3 is 2.70 bits per heavy atom. The van der Waals surface area contributed by atoms with E-state index in [1.165, 1.54) is 25.2 Å². The SMILES string of the molecule is Cc1oc(C)c(S(=O)(=O)NCc2cncs2)c1C(=O)O. The summed E-state index contributed by atoms with van der Waals surface area (Å²) in [6.07, 6.45) is 1.54. The van der Waals surface area contributed by atoms with E-state index in [2.05, 4.69) is 9.71 Å². The van der Waals surface area contributed by atoms with Crippen LogP contribution in [0.2, 0.25) is 0 Å². The predicted octanol–water partition coefficient (Wildman–Crippen LogP) is 1.53. The topological polar surface area (TPSA) is 110 Å². The molecule has 0 fully saturated rings. The molecule has 0 aromatic carbocycles. The quantitative estimate of drug-likeness (QED) is 0.865. The number of hydrogen-bond donors (Lipinski definition) is 2. The molecule has 0 aliphatic heterocycles. The highest BCUT2D eigenvalue weighted by Crippen LogP contribution is 2.26. The summed E-state index contributed by atoms with van der Waals surface area (Å²) in [6, 6.07) is 0. The van der Waals surface area contributed by atoms with Crippen LogP contribution >= 0.6 is 11.3 Å². The van der Waals surface area contributed by atoms with Gasteiger partial charge in [0.2, 0.25) is 10.0 Å². The Morgan fingerprint density at radius 2 is 2.15 bits per heavy atom. The number of nitrogens with zero attached hydrogens (tertiary/aromatic N) is 1. The fourth-order valence-electron chi connectivity index (χ4n) is 1.80. The number of carbonyl (C=O) groups is 1. The number of carboxylic acid groups (broad SMARTS) is 1. The number of aromatic nitrogens is 1. The van der Waals surface area contributed by atoms with Crippen LogP contribution in [0.25, 0.3) is 0 Å². The van der Waals surface area contributed by atoms with Crippen molar-refractivity contribution in [1.82, 2.24) is 9.71 Å². The van der Waals surface area contributed by atoms with Gasteiger partial charge in [0.25, 0.3) is 0 Å². The third-order valence-corrected chi connectivity index (χ3v) is 4.94. The van der Waals surface area contributed by atoms with Gasteiger partial charge >= 0.3 is 5.97 Å². The van der Waals surface area contributed by atoms with Crippen molar-refractivity contribution in [2.45, 2.75) is 25.3 Å². The Hall–Kier alpha value is -1.71. The predicted molar refractivity (Wildman–Crippen MR) is 71.3 cm³/mol. The monoisotopic (exact) mass is 316 g/mol. The summed E-state index contributed by atoms with van der Waals surface area (Å²) in [4.78, 5) is 15.4. The van der Waals surface area contributed by atoms with Crippen molar-refractivity contribution in [3.63, 3.8) is 0 Å². The van der Waals surface area contributed by atoms with Crippen molar-refractivity contribution in [3.8, 4) is 0 Å². The number of furan rings is 1. The third kappa shape index (κ3) is 2.74. The van der Waals surface area contributed by atoms with E-state index >= 15 is 0 Å². The minimum absolute atomic E-state index is 0.0513. The van der Waals surface area contributed by atoms with E-state index in [-0.39, 0.29) is 28.5 Å². The molecule has 2 aromatic rings. The van der Waals surface area contributed by atoms with Crippen LogP contribution < -0.4 is 4.72 Å². The van der Waals surface area contributed by atoms with Crippen LogP contribution in [-0.4, -0.2) is 24.5 Å². The molecule has 20 heavy (non-hydrogen) atoms. The van der Waals surface area contributed by atoms with E-state index in [0.717, 1.165) is 4.88 Å². The molecule has 0 unspecified atom stereocenters. The van der Waals surface area contributed by atoms with Crippen LogP contribution in [0.4, 0.5) is 0 Å². The van der Waals surface area contributed by atoms with Gasteiger partial charge in [-0.1, -0.05) is 0 Å². The highest BCUT2D eigenvalue weighted by Gasteiger charge is 2.30. The Bertz CT molecular complexity index is 731. The highest BCUT2D eigenvalue weighted by molar-refractivity contribution is 7.89. The molecule has 0 radical (unpaired) electrons. The Kier molecular flexibility index (Phi) is 3.93. The molecule has 9 heteroatoms. The molecule has 108 valence electrons. The molecule has 2 aromatic heterocycles. The molecular weight excluding hydrogens is 304 g/mol. The van der Waals surface area contributed by atoms with Crippen molar-refractivity contribution in [3.05, 3.63) is 33.7 Å². The summed E-state index contributed by atoms with van der Waals surface area (Å²) >= 11 is 1.30. The Balaban J connectivity index is 2.37. The molecule has 0 saturated carbocycles. The summed E-state index contributed by atoms with van der Waals surface area (Å²) in [5.74, 6) is -1.22. The van der Waals surface area contributed by atoms with Gasteiger partial charge in [0.15, 0.2) is 0 Å². The smallest absolute Gasteiger partial charge is 0.340 e. The van der Waals surface area contributed by atoms with Crippen molar-refractivity contribution in [2.75, 3.05) is 0 Å². The number of sulfonamides is 1. The maximum absolute atomic E-state index is 12.2. The number of nitrogens with one attached hydrogen (secondary N) is 1. The van der Waals surface area contributed by atoms with Gasteiger partial charge < -0.3 is 9.52 Å². The number of aromatic carboxylic acids is 1. The van der Waals surface area contributed by atoms with Gasteiger partial charge in [-0.05, 0) is 13.8 Å². The normalized spacial score (nSPS) is 11.7. The standard InChI is InChI=1S/C11H12N2O5S2/c1-6-9(11(14)15)10(7(2)18-6)20(16,17)13-4-8-3-12-5-19-8/h3,5,13H,4H2,1-2H3,(H,14,15). The summed E-state index contributed by atoms with van der Waals surface area (Å²) in [6.45, 7) is 2.88. The average molecular weight is 316 g/mol. The number of rotatable bonds is 5. The first kappa shape index (κ1) is 14.7. The van der Waals surface area contributed by atoms with Crippen molar-refractivity contribution < 1.29 is 22.7 Å². The van der Waals surface area contributed by atoms with E-state index in [1.54, 1.807) is 11.7 Å². The van der Waals surface area contributed by atoms with Gasteiger partial charge in [0.1, 0.15) is 22.0 Å². The van der Waals surface area contributed by atoms with E-state index in [9.17, 15) is 13.2 Å². The summed E-state index contributed by atoms with van der Waals surface area (Å²) in [7, 11) is -3.97. The fourth-order valence-corrected chi connectivity index (χ4v) is 3.84. The molecule has 0 saturated heterocycles. The van der Waals surface area contributed by atoms with E-state index in [1.807, 2.05) is 0 Å². The third-order valence-electron chi connectivity index (χ3n) is 2.61. The molecular formula is C11H12N2O5S2. The second kappa shape index (κ2) is 5.35. The van der Waals surface area contributed by atoms with Gasteiger partial charge in [-0.25, -0.2) is 17.9 Å². The zero-order valence-corrected chi connectivity index (χ0v) is 12.3. The molecule has 7 nitrogen and oxygen atoms in total. The van der Waals surface area contributed by atoms with E-state index < -0.39 is 16.0 Å². The molecule has 0 aliphatic carbocycles. The molecule has 0 aliphatic rings. The van der Waals surface area contributed by atoms with Gasteiger partial charge in [0, 0.05) is 17.6 Å². The van der Waals surface area contributed by atoms with Crippen LogP contribution in [-0.2, 0) is 16.6 Å².